The molecule has 0 unspecified atom stereocenters. The molecular formula is C13H17ClO3. The number of aliphatic hydroxyl groups excluding tert-OH is 1. The Bertz CT molecular complexity index is 371. The van der Waals surface area contributed by atoms with Crippen LogP contribution in [0, 0.1) is 0 Å². The van der Waals surface area contributed by atoms with Crippen molar-refractivity contribution in [3.63, 3.8) is 0 Å². The van der Waals surface area contributed by atoms with Crippen LogP contribution in [0.15, 0.2) is 24.3 Å². The number of halogens is 1. The molecule has 94 valence electrons. The molecule has 0 radical (unpaired) electrons. The van der Waals surface area contributed by atoms with Crippen LogP contribution in [0.3, 0.4) is 0 Å². The Morgan fingerprint density at radius 3 is 2.41 bits per heavy atom. The molecule has 1 aromatic rings. The van der Waals surface area contributed by atoms with E-state index in [1.54, 1.807) is 12.1 Å². The summed E-state index contributed by atoms with van der Waals surface area (Å²) >= 11 is 5.30. The fraction of sp³-hybridized carbons (Fsp3) is 0.462. The van der Waals surface area contributed by atoms with Gasteiger partial charge in [0, 0.05) is 19.4 Å². The summed E-state index contributed by atoms with van der Waals surface area (Å²) in [6, 6.07) is 7.22. The molecule has 0 fully saturated rings. The van der Waals surface area contributed by atoms with E-state index in [1.165, 1.54) is 0 Å². The van der Waals surface area contributed by atoms with Gasteiger partial charge in [-0.15, -0.1) is 0 Å². The maximum atomic E-state index is 10.7. The maximum Gasteiger partial charge on any atom is 0.226 e. The second-order valence-corrected chi connectivity index (χ2v) is 4.93. The molecular weight excluding hydrogens is 240 g/mol. The number of benzene rings is 1. The van der Waals surface area contributed by atoms with Gasteiger partial charge in [-0.2, -0.15) is 0 Å². The van der Waals surface area contributed by atoms with Gasteiger partial charge in [-0.05, 0) is 43.1 Å². The van der Waals surface area contributed by atoms with Gasteiger partial charge in [0.25, 0.3) is 0 Å². The van der Waals surface area contributed by atoms with E-state index in [1.807, 2.05) is 26.0 Å². The molecule has 0 bridgehead atoms. The molecule has 0 atom stereocenters. The van der Waals surface area contributed by atoms with Crippen molar-refractivity contribution in [2.45, 2.75) is 32.3 Å². The van der Waals surface area contributed by atoms with Gasteiger partial charge in [-0.3, -0.25) is 4.79 Å². The molecule has 0 saturated carbocycles. The Labute approximate surface area is 106 Å². The van der Waals surface area contributed by atoms with Crippen molar-refractivity contribution < 1.29 is 14.6 Å². The van der Waals surface area contributed by atoms with Crippen LogP contribution in [0.5, 0.6) is 5.75 Å². The van der Waals surface area contributed by atoms with E-state index >= 15 is 0 Å². The Kier molecular flexibility index (Phi) is 4.97. The van der Waals surface area contributed by atoms with Crippen LogP contribution >= 0.6 is 11.6 Å². The Morgan fingerprint density at radius 1 is 1.35 bits per heavy atom. The predicted octanol–water partition coefficient (Wildman–Crippen LogP) is 2.53. The molecule has 3 nitrogen and oxygen atoms in total. The second kappa shape index (κ2) is 6.03. The molecule has 4 heteroatoms. The van der Waals surface area contributed by atoms with Gasteiger partial charge in [0.1, 0.15) is 11.4 Å². The molecule has 0 aromatic heterocycles. The summed E-state index contributed by atoms with van der Waals surface area (Å²) in [5.74, 6) is 0.717. The van der Waals surface area contributed by atoms with Crippen molar-refractivity contribution in [3.05, 3.63) is 29.8 Å². The van der Waals surface area contributed by atoms with Crippen molar-refractivity contribution >= 4 is 16.8 Å². The molecule has 0 spiro atoms. The standard InChI is InChI=1S/C13H17ClO3/c1-13(2,7-8-15)17-11-5-3-10(4-6-11)9-12(14)16/h3-6,15H,7-9H2,1-2H3. The van der Waals surface area contributed by atoms with Gasteiger partial charge < -0.3 is 9.84 Å². The monoisotopic (exact) mass is 256 g/mol. The van der Waals surface area contributed by atoms with Crippen LogP contribution in [0.4, 0.5) is 0 Å². The molecule has 1 N–H and O–H groups in total. The fourth-order valence-corrected chi connectivity index (χ4v) is 1.63. The van der Waals surface area contributed by atoms with Crippen LogP contribution in [0.1, 0.15) is 25.8 Å². The molecule has 0 aliphatic rings. The minimum absolute atomic E-state index is 0.0891. The third-order valence-electron chi connectivity index (χ3n) is 2.37. The van der Waals surface area contributed by atoms with E-state index in [0.29, 0.717) is 12.2 Å². The number of aliphatic hydroxyl groups is 1. The lowest BCUT2D eigenvalue weighted by Crippen LogP contribution is -2.29. The number of rotatable bonds is 6. The molecule has 17 heavy (non-hydrogen) atoms. The molecule has 0 heterocycles. The van der Waals surface area contributed by atoms with E-state index in [2.05, 4.69) is 0 Å². The summed E-state index contributed by atoms with van der Waals surface area (Å²) in [6.45, 7) is 3.92. The van der Waals surface area contributed by atoms with Crippen LogP contribution in [-0.2, 0) is 11.2 Å². The highest BCUT2D eigenvalue weighted by Gasteiger charge is 2.18. The molecule has 0 amide bonds. The van der Waals surface area contributed by atoms with Gasteiger partial charge in [0.05, 0.1) is 0 Å². The SMILES string of the molecule is CC(C)(CCO)Oc1ccc(CC(=O)Cl)cc1. The first-order chi connectivity index (χ1) is 7.93. The van der Waals surface area contributed by atoms with E-state index < -0.39 is 5.60 Å². The second-order valence-electron chi connectivity index (χ2n) is 4.51. The first-order valence-corrected chi connectivity index (χ1v) is 5.88. The minimum atomic E-state index is -0.404. The van der Waals surface area contributed by atoms with Gasteiger partial charge >= 0.3 is 0 Å². The average Bonchev–Trinajstić information content (AvgIpc) is 2.19. The topological polar surface area (TPSA) is 46.5 Å². The van der Waals surface area contributed by atoms with Gasteiger partial charge in [-0.1, -0.05) is 12.1 Å². The molecule has 0 aliphatic carbocycles. The van der Waals surface area contributed by atoms with Gasteiger partial charge in [0.15, 0.2) is 0 Å². The summed E-state index contributed by atoms with van der Waals surface area (Å²) < 4.78 is 5.72. The minimum Gasteiger partial charge on any atom is -0.488 e. The summed E-state index contributed by atoms with van der Waals surface area (Å²) in [7, 11) is 0. The number of hydrogen-bond donors (Lipinski definition) is 1. The van der Waals surface area contributed by atoms with E-state index in [0.717, 1.165) is 5.56 Å². The molecule has 1 rings (SSSR count). The third-order valence-corrected chi connectivity index (χ3v) is 2.51. The molecule has 1 aromatic carbocycles. The van der Waals surface area contributed by atoms with Crippen molar-refractivity contribution in [1.29, 1.82) is 0 Å². The summed E-state index contributed by atoms with van der Waals surface area (Å²) in [4.78, 5) is 10.7. The van der Waals surface area contributed by atoms with E-state index in [-0.39, 0.29) is 18.3 Å². The average molecular weight is 257 g/mol. The highest BCUT2D eigenvalue weighted by atomic mass is 35.5. The lowest BCUT2D eigenvalue weighted by Gasteiger charge is -2.25. The van der Waals surface area contributed by atoms with Crippen molar-refractivity contribution in [1.82, 2.24) is 0 Å². The Morgan fingerprint density at radius 2 is 1.94 bits per heavy atom. The van der Waals surface area contributed by atoms with Crippen molar-refractivity contribution in [2.24, 2.45) is 0 Å². The number of carbonyl (C=O) groups is 1. The highest BCUT2D eigenvalue weighted by molar-refractivity contribution is 6.63. The lowest BCUT2D eigenvalue weighted by molar-refractivity contribution is -0.111. The Balaban J connectivity index is 2.65. The molecule has 0 saturated heterocycles. The fourth-order valence-electron chi connectivity index (χ4n) is 1.48. The Hall–Kier alpha value is -1.06. The largest absolute Gasteiger partial charge is 0.488 e. The number of ether oxygens (including phenoxy) is 1. The van der Waals surface area contributed by atoms with E-state index in [4.69, 9.17) is 21.4 Å². The first kappa shape index (κ1) is 14.0. The first-order valence-electron chi connectivity index (χ1n) is 5.50. The normalized spacial score (nSPS) is 11.3. The predicted molar refractivity (Wildman–Crippen MR) is 67.4 cm³/mol. The van der Waals surface area contributed by atoms with E-state index in [9.17, 15) is 4.79 Å². The number of carbonyl (C=O) groups excluding carboxylic acids is 1. The lowest BCUT2D eigenvalue weighted by atomic mass is 10.1. The molecule has 0 aliphatic heterocycles. The third kappa shape index (κ3) is 5.20. The van der Waals surface area contributed by atoms with Crippen molar-refractivity contribution in [3.8, 4) is 5.75 Å². The zero-order chi connectivity index (χ0) is 12.9. The summed E-state index contributed by atoms with van der Waals surface area (Å²) in [5, 5.41) is 8.52. The quantitative estimate of drug-likeness (QED) is 0.796. The van der Waals surface area contributed by atoms with Crippen LogP contribution in [0.2, 0.25) is 0 Å². The smallest absolute Gasteiger partial charge is 0.226 e. The zero-order valence-corrected chi connectivity index (χ0v) is 10.8. The van der Waals surface area contributed by atoms with Crippen LogP contribution in [-0.4, -0.2) is 22.6 Å². The summed E-state index contributed by atoms with van der Waals surface area (Å²) in [6.07, 6.45) is 0.788. The zero-order valence-electron chi connectivity index (χ0n) is 10.1. The highest BCUT2D eigenvalue weighted by Crippen LogP contribution is 2.21. The van der Waals surface area contributed by atoms with Gasteiger partial charge in [0.2, 0.25) is 5.24 Å². The van der Waals surface area contributed by atoms with Crippen LogP contribution < -0.4 is 4.74 Å². The summed E-state index contributed by atoms with van der Waals surface area (Å²) in [5.41, 5.74) is 0.454. The van der Waals surface area contributed by atoms with Gasteiger partial charge in [-0.25, -0.2) is 0 Å². The van der Waals surface area contributed by atoms with Crippen LogP contribution in [0.25, 0.3) is 0 Å². The van der Waals surface area contributed by atoms with Crippen molar-refractivity contribution in [2.75, 3.05) is 6.61 Å². The number of hydrogen-bond acceptors (Lipinski definition) is 3. The maximum absolute atomic E-state index is 10.7.